The predicted molar refractivity (Wildman–Crippen MR) is 30.6 cm³/mol. The third-order valence-corrected chi connectivity index (χ3v) is 3.06. The molecule has 0 radical (unpaired) electrons. The van der Waals surface area contributed by atoms with Crippen molar-refractivity contribution in [1.82, 2.24) is 10.6 Å². The lowest BCUT2D eigenvalue weighted by atomic mass is 9.90. The molecule has 3 fully saturated rings. The molecular formula is C6H10N2. The summed E-state index contributed by atoms with van der Waals surface area (Å²) in [6, 6.07) is 1.77. The van der Waals surface area contributed by atoms with E-state index >= 15 is 0 Å². The highest BCUT2D eigenvalue weighted by atomic mass is 15.2. The van der Waals surface area contributed by atoms with E-state index in [-0.39, 0.29) is 0 Å². The molecule has 2 heteroatoms. The van der Waals surface area contributed by atoms with E-state index in [1.54, 1.807) is 0 Å². The first kappa shape index (κ1) is 3.85. The summed E-state index contributed by atoms with van der Waals surface area (Å²) in [7, 11) is 0. The standard InChI is InChI=1S/C6H10N2/c1-4-6(1)3-8-5(6)2-7-4/h4-5,7-8H,1-3H2. The van der Waals surface area contributed by atoms with Crippen LogP contribution in [0.4, 0.5) is 0 Å². The molecule has 1 saturated carbocycles. The van der Waals surface area contributed by atoms with Gasteiger partial charge in [-0.2, -0.15) is 0 Å². The molecule has 0 amide bonds. The fourth-order valence-corrected chi connectivity index (χ4v) is 2.22. The van der Waals surface area contributed by atoms with Gasteiger partial charge in [0.15, 0.2) is 0 Å². The molecule has 0 bridgehead atoms. The zero-order valence-electron chi connectivity index (χ0n) is 4.78. The van der Waals surface area contributed by atoms with Crippen LogP contribution in [0.15, 0.2) is 0 Å². The molecule has 3 rings (SSSR count). The van der Waals surface area contributed by atoms with E-state index in [0.717, 1.165) is 17.5 Å². The van der Waals surface area contributed by atoms with Gasteiger partial charge in [-0.1, -0.05) is 0 Å². The molecule has 8 heavy (non-hydrogen) atoms. The van der Waals surface area contributed by atoms with Gasteiger partial charge in [-0.15, -0.1) is 0 Å². The van der Waals surface area contributed by atoms with Gasteiger partial charge in [0.1, 0.15) is 0 Å². The van der Waals surface area contributed by atoms with Crippen LogP contribution in [0, 0.1) is 5.41 Å². The topological polar surface area (TPSA) is 24.1 Å². The van der Waals surface area contributed by atoms with Crippen molar-refractivity contribution in [1.29, 1.82) is 0 Å². The molecule has 1 spiro atoms. The Hall–Kier alpha value is -0.0800. The van der Waals surface area contributed by atoms with E-state index < -0.39 is 0 Å². The van der Waals surface area contributed by atoms with Crippen LogP contribution in [-0.2, 0) is 0 Å². The quantitative estimate of drug-likeness (QED) is 0.432. The van der Waals surface area contributed by atoms with Gasteiger partial charge < -0.3 is 10.6 Å². The fourth-order valence-electron chi connectivity index (χ4n) is 2.22. The van der Waals surface area contributed by atoms with Gasteiger partial charge in [-0.3, -0.25) is 0 Å². The number of piperidine rings is 1. The van der Waals surface area contributed by atoms with Gasteiger partial charge >= 0.3 is 0 Å². The molecule has 2 saturated heterocycles. The maximum atomic E-state index is 3.48. The lowest BCUT2D eigenvalue weighted by Gasteiger charge is -2.34. The van der Waals surface area contributed by atoms with Gasteiger partial charge in [0.2, 0.25) is 0 Å². The molecular weight excluding hydrogens is 100 g/mol. The highest BCUT2D eigenvalue weighted by Gasteiger charge is 2.67. The Morgan fingerprint density at radius 3 is 2.50 bits per heavy atom. The Morgan fingerprint density at radius 1 is 1.25 bits per heavy atom. The smallest absolute Gasteiger partial charge is 0.0276 e. The molecule has 0 aromatic carbocycles. The van der Waals surface area contributed by atoms with E-state index in [1.807, 2.05) is 0 Å². The summed E-state index contributed by atoms with van der Waals surface area (Å²) in [4.78, 5) is 0. The van der Waals surface area contributed by atoms with Gasteiger partial charge in [-0.25, -0.2) is 0 Å². The number of hydrogen-bond donors (Lipinski definition) is 2. The maximum Gasteiger partial charge on any atom is 0.0276 e. The lowest BCUT2D eigenvalue weighted by Crippen LogP contribution is -2.55. The predicted octanol–water partition coefficient (Wildman–Crippen LogP) is -0.680. The molecule has 2 heterocycles. The van der Waals surface area contributed by atoms with E-state index in [1.165, 1.54) is 19.5 Å². The molecule has 3 unspecified atom stereocenters. The second-order valence-electron chi connectivity index (χ2n) is 3.33. The molecule has 1 aliphatic carbocycles. The minimum Gasteiger partial charge on any atom is -0.312 e. The molecule has 2 N–H and O–H groups in total. The van der Waals surface area contributed by atoms with E-state index in [4.69, 9.17) is 0 Å². The van der Waals surface area contributed by atoms with Crippen molar-refractivity contribution in [2.75, 3.05) is 13.1 Å². The van der Waals surface area contributed by atoms with Gasteiger partial charge in [0.05, 0.1) is 0 Å². The van der Waals surface area contributed by atoms with Crippen LogP contribution < -0.4 is 10.6 Å². The second kappa shape index (κ2) is 0.847. The van der Waals surface area contributed by atoms with E-state index in [9.17, 15) is 0 Å². The van der Waals surface area contributed by atoms with Crippen molar-refractivity contribution in [3.05, 3.63) is 0 Å². The van der Waals surface area contributed by atoms with Gasteiger partial charge in [-0.05, 0) is 6.42 Å². The first-order valence-corrected chi connectivity index (χ1v) is 3.39. The SMILES string of the molecule is C1NC2CC23CNC13. The largest absolute Gasteiger partial charge is 0.312 e. The summed E-state index contributed by atoms with van der Waals surface area (Å²) in [6.45, 7) is 2.51. The average molecular weight is 110 g/mol. The first-order chi connectivity index (χ1) is 3.92. The normalized spacial score (nSPS) is 66.0. The van der Waals surface area contributed by atoms with Crippen LogP contribution in [0.1, 0.15) is 6.42 Å². The zero-order valence-corrected chi connectivity index (χ0v) is 4.78. The monoisotopic (exact) mass is 110 g/mol. The van der Waals surface area contributed by atoms with Crippen LogP contribution in [-0.4, -0.2) is 25.2 Å². The van der Waals surface area contributed by atoms with Crippen LogP contribution in [0.2, 0.25) is 0 Å². The lowest BCUT2D eigenvalue weighted by molar-refractivity contribution is 0.239. The summed E-state index contributed by atoms with van der Waals surface area (Å²) in [6.07, 6.45) is 1.45. The molecule has 0 aromatic rings. The third kappa shape index (κ3) is 0.213. The zero-order chi connectivity index (χ0) is 5.19. The van der Waals surface area contributed by atoms with E-state index in [0.29, 0.717) is 0 Å². The van der Waals surface area contributed by atoms with E-state index in [2.05, 4.69) is 10.6 Å². The first-order valence-electron chi connectivity index (χ1n) is 3.39. The van der Waals surface area contributed by atoms with Crippen LogP contribution in [0.3, 0.4) is 0 Å². The average Bonchev–Trinajstić information content (AvgIpc) is 2.36. The summed E-state index contributed by atoms with van der Waals surface area (Å²) in [5.74, 6) is 0. The van der Waals surface area contributed by atoms with Crippen molar-refractivity contribution < 1.29 is 0 Å². The summed E-state index contributed by atoms with van der Waals surface area (Å²) in [5.41, 5.74) is 0.778. The number of hydrogen-bond acceptors (Lipinski definition) is 2. The number of rotatable bonds is 0. The molecule has 3 atom stereocenters. The molecule has 44 valence electrons. The second-order valence-corrected chi connectivity index (χ2v) is 3.33. The number of nitrogens with one attached hydrogen (secondary N) is 2. The van der Waals surface area contributed by atoms with Crippen molar-refractivity contribution in [2.24, 2.45) is 5.41 Å². The summed E-state index contributed by atoms with van der Waals surface area (Å²) >= 11 is 0. The Morgan fingerprint density at radius 2 is 2.25 bits per heavy atom. The highest BCUT2D eigenvalue weighted by molar-refractivity contribution is 5.26. The van der Waals surface area contributed by atoms with Crippen molar-refractivity contribution in [3.63, 3.8) is 0 Å². The van der Waals surface area contributed by atoms with Crippen LogP contribution in [0.5, 0.6) is 0 Å². The van der Waals surface area contributed by atoms with Crippen molar-refractivity contribution >= 4 is 0 Å². The molecule has 2 nitrogen and oxygen atoms in total. The fraction of sp³-hybridized carbons (Fsp3) is 1.00. The van der Waals surface area contributed by atoms with Gasteiger partial charge in [0, 0.05) is 30.6 Å². The Labute approximate surface area is 48.6 Å². The van der Waals surface area contributed by atoms with Crippen molar-refractivity contribution in [3.8, 4) is 0 Å². The Bertz CT molecular complexity index is 139. The Balaban J connectivity index is 2.02. The van der Waals surface area contributed by atoms with Gasteiger partial charge in [0.25, 0.3) is 0 Å². The molecule has 0 aromatic heterocycles. The minimum absolute atomic E-state index is 0.778. The summed E-state index contributed by atoms with van der Waals surface area (Å²) in [5, 5.41) is 6.91. The minimum atomic E-state index is 0.778. The van der Waals surface area contributed by atoms with Crippen LogP contribution >= 0.6 is 0 Å². The van der Waals surface area contributed by atoms with Crippen LogP contribution in [0.25, 0.3) is 0 Å². The maximum absolute atomic E-state index is 3.48. The molecule has 2 aliphatic heterocycles. The highest BCUT2D eigenvalue weighted by Crippen LogP contribution is 2.56. The third-order valence-electron chi connectivity index (χ3n) is 3.06. The van der Waals surface area contributed by atoms with Crippen molar-refractivity contribution in [2.45, 2.75) is 18.5 Å². The summed E-state index contributed by atoms with van der Waals surface area (Å²) < 4.78 is 0. The Kier molecular flexibility index (Phi) is 0.408. The molecule has 3 aliphatic rings.